The molecule has 0 aliphatic rings. The van der Waals surface area contributed by atoms with E-state index in [0.717, 1.165) is 0 Å². The number of carboxylic acid groups (broad SMARTS) is 1. The van der Waals surface area contributed by atoms with Crippen molar-refractivity contribution in [1.29, 1.82) is 0 Å². The summed E-state index contributed by atoms with van der Waals surface area (Å²) in [7, 11) is 0. The molecule has 0 saturated heterocycles. The number of rotatable bonds is 7. The van der Waals surface area contributed by atoms with Gasteiger partial charge in [0.2, 0.25) is 0 Å². The van der Waals surface area contributed by atoms with Gasteiger partial charge in [0, 0.05) is 12.4 Å². The van der Waals surface area contributed by atoms with Gasteiger partial charge in [-0.1, -0.05) is 6.07 Å². The Balaban J connectivity index is 2.44. The molecule has 0 aliphatic carbocycles. The Kier molecular flexibility index (Phi) is 5.59. The van der Waals surface area contributed by atoms with Crippen LogP contribution in [0.15, 0.2) is 18.2 Å². The molecule has 1 aromatic carbocycles. The Morgan fingerprint density at radius 2 is 2.05 bits per heavy atom. The monoisotopic (exact) mass is 269 g/mol. The lowest BCUT2D eigenvalue weighted by atomic mass is 10.1. The van der Waals surface area contributed by atoms with Crippen LogP contribution in [0, 0.1) is 0 Å². The smallest absolute Gasteiger partial charge is 0.157 e. The molecule has 1 aromatic rings. The number of nitrogens with two attached hydrogens (primary N) is 1. The van der Waals surface area contributed by atoms with Gasteiger partial charge >= 0.3 is 0 Å². The van der Waals surface area contributed by atoms with Gasteiger partial charge in [0.25, 0.3) is 0 Å². The van der Waals surface area contributed by atoms with E-state index in [2.05, 4.69) is 0 Å². The van der Waals surface area contributed by atoms with Gasteiger partial charge in [-0.15, -0.1) is 0 Å². The zero-order valence-corrected chi connectivity index (χ0v) is 10.7. The number of hydrogen-bond acceptors (Lipinski definition) is 5. The van der Waals surface area contributed by atoms with Gasteiger partial charge in [-0.3, -0.25) is 0 Å². The van der Waals surface area contributed by atoms with Crippen LogP contribution in [0.3, 0.4) is 0 Å². The van der Waals surface area contributed by atoms with Gasteiger partial charge < -0.3 is 30.5 Å². The lowest BCUT2D eigenvalue weighted by Gasteiger charge is -2.15. The maximum absolute atomic E-state index is 10.3. The van der Waals surface area contributed by atoms with Gasteiger partial charge in [-0.25, -0.2) is 0 Å². The van der Waals surface area contributed by atoms with Crippen LogP contribution in [0.25, 0.3) is 0 Å². The molecule has 0 aliphatic heterocycles. The number of aliphatic hydroxyl groups is 1. The van der Waals surface area contributed by atoms with Crippen molar-refractivity contribution in [3.63, 3.8) is 0 Å². The standard InChI is InChI=1S/C13H19NO5/c1-8(2-5-13(18)19)14-7-12(17)9-3-4-10(15)11(16)6-9/h3-4,6,8,12,14-17H,2,5,7H2,1H3,(H,18,19). The summed E-state index contributed by atoms with van der Waals surface area (Å²) in [5.74, 6) is -1.59. The Morgan fingerprint density at radius 3 is 2.63 bits per heavy atom. The number of carbonyl (C=O) groups excluding carboxylic acids is 1. The molecule has 6 heteroatoms. The van der Waals surface area contributed by atoms with Gasteiger partial charge in [0.05, 0.1) is 6.04 Å². The Hall–Kier alpha value is -1.79. The molecule has 2 atom stereocenters. The molecule has 106 valence electrons. The molecule has 0 radical (unpaired) electrons. The highest BCUT2D eigenvalue weighted by Crippen LogP contribution is 2.27. The van der Waals surface area contributed by atoms with Crippen LogP contribution in [0.5, 0.6) is 11.5 Å². The van der Waals surface area contributed by atoms with Crippen LogP contribution in [-0.2, 0) is 4.79 Å². The minimum Gasteiger partial charge on any atom is -0.550 e. The summed E-state index contributed by atoms with van der Waals surface area (Å²) in [6, 6.07) is 4.20. The highest BCUT2D eigenvalue weighted by Gasteiger charge is 2.14. The number of aliphatic hydroxyl groups excluding tert-OH is 1. The lowest BCUT2D eigenvalue weighted by Crippen LogP contribution is -2.90. The van der Waals surface area contributed by atoms with Crippen molar-refractivity contribution in [1.82, 2.24) is 0 Å². The first-order valence-electron chi connectivity index (χ1n) is 6.13. The molecule has 2 unspecified atom stereocenters. The van der Waals surface area contributed by atoms with Crippen LogP contribution in [0.4, 0.5) is 0 Å². The topological polar surface area (TPSA) is 117 Å². The molecule has 0 heterocycles. The number of phenolic OH excluding ortho intramolecular Hbond substituents is 2. The summed E-state index contributed by atoms with van der Waals surface area (Å²) in [5, 5.41) is 40.5. The number of hydrogen-bond donors (Lipinski definition) is 4. The number of aliphatic carboxylic acids is 1. The van der Waals surface area contributed by atoms with Crippen LogP contribution in [-0.4, -0.2) is 33.9 Å². The second-order valence-corrected chi connectivity index (χ2v) is 4.62. The van der Waals surface area contributed by atoms with E-state index in [1.807, 2.05) is 12.2 Å². The predicted molar refractivity (Wildman–Crippen MR) is 65.2 cm³/mol. The first-order valence-corrected chi connectivity index (χ1v) is 6.13. The minimum atomic E-state index is -1.08. The zero-order chi connectivity index (χ0) is 14.4. The van der Waals surface area contributed by atoms with Gasteiger partial charge in [-0.2, -0.15) is 0 Å². The Bertz CT molecular complexity index is 435. The van der Waals surface area contributed by atoms with E-state index in [9.17, 15) is 20.1 Å². The average molecular weight is 269 g/mol. The summed E-state index contributed by atoms with van der Waals surface area (Å²) in [5.41, 5.74) is 0.499. The average Bonchev–Trinajstić information content (AvgIpc) is 2.36. The molecular formula is C13H19NO5. The predicted octanol–water partition coefficient (Wildman–Crippen LogP) is -1.39. The maximum Gasteiger partial charge on any atom is 0.157 e. The SMILES string of the molecule is CC(CCC(=O)[O-])[NH2+]CC(O)c1ccc(O)c(O)c1. The van der Waals surface area contributed by atoms with Crippen molar-refractivity contribution >= 4 is 5.97 Å². The van der Waals surface area contributed by atoms with E-state index in [0.29, 0.717) is 18.5 Å². The number of carbonyl (C=O) groups is 1. The maximum atomic E-state index is 10.3. The fraction of sp³-hybridized carbons (Fsp3) is 0.462. The van der Waals surface area contributed by atoms with E-state index in [1.54, 1.807) is 0 Å². The number of phenols is 2. The molecule has 0 fully saturated rings. The van der Waals surface area contributed by atoms with Gasteiger partial charge in [-0.05, 0) is 31.0 Å². The van der Waals surface area contributed by atoms with Crippen molar-refractivity contribution < 1.29 is 30.5 Å². The number of benzene rings is 1. The largest absolute Gasteiger partial charge is 0.550 e. The summed E-state index contributed by atoms with van der Waals surface area (Å²) >= 11 is 0. The van der Waals surface area contributed by atoms with Crippen molar-refractivity contribution in [3.8, 4) is 11.5 Å². The van der Waals surface area contributed by atoms with E-state index < -0.39 is 12.1 Å². The number of carboxylic acids is 1. The molecule has 5 N–H and O–H groups in total. The van der Waals surface area contributed by atoms with Crippen molar-refractivity contribution in [2.45, 2.75) is 31.9 Å². The minimum absolute atomic E-state index is 0.00619. The Labute approximate surface area is 111 Å². The fourth-order valence-corrected chi connectivity index (χ4v) is 1.71. The molecule has 19 heavy (non-hydrogen) atoms. The third-order valence-corrected chi connectivity index (χ3v) is 2.95. The van der Waals surface area contributed by atoms with Crippen molar-refractivity contribution in [2.24, 2.45) is 0 Å². The van der Waals surface area contributed by atoms with Crippen LogP contribution < -0.4 is 10.4 Å². The fourth-order valence-electron chi connectivity index (χ4n) is 1.71. The van der Waals surface area contributed by atoms with E-state index in [-0.39, 0.29) is 24.0 Å². The molecule has 1 rings (SSSR count). The molecule has 0 amide bonds. The van der Waals surface area contributed by atoms with E-state index in [1.165, 1.54) is 18.2 Å². The van der Waals surface area contributed by atoms with E-state index in [4.69, 9.17) is 5.11 Å². The summed E-state index contributed by atoms with van der Waals surface area (Å²) in [6.45, 7) is 2.21. The lowest BCUT2D eigenvalue weighted by molar-refractivity contribution is -0.693. The summed E-state index contributed by atoms with van der Waals surface area (Å²) in [4.78, 5) is 10.3. The third-order valence-electron chi connectivity index (χ3n) is 2.95. The van der Waals surface area contributed by atoms with Crippen LogP contribution in [0.1, 0.15) is 31.4 Å². The summed E-state index contributed by atoms with van der Waals surface area (Å²) < 4.78 is 0. The van der Waals surface area contributed by atoms with Crippen molar-refractivity contribution in [3.05, 3.63) is 23.8 Å². The summed E-state index contributed by atoms with van der Waals surface area (Å²) in [6.07, 6.45) is -0.333. The van der Waals surface area contributed by atoms with Crippen LogP contribution >= 0.6 is 0 Å². The highest BCUT2D eigenvalue weighted by molar-refractivity contribution is 5.64. The number of aromatic hydroxyl groups is 2. The first kappa shape index (κ1) is 15.3. The second kappa shape index (κ2) is 6.96. The first-order chi connectivity index (χ1) is 8.90. The van der Waals surface area contributed by atoms with Gasteiger partial charge in [0.1, 0.15) is 12.6 Å². The molecular weight excluding hydrogens is 250 g/mol. The number of quaternary nitrogens is 1. The normalized spacial score (nSPS) is 14.0. The molecule has 0 saturated carbocycles. The quantitative estimate of drug-likeness (QED) is 0.455. The van der Waals surface area contributed by atoms with Crippen LogP contribution in [0.2, 0.25) is 0 Å². The van der Waals surface area contributed by atoms with Gasteiger partial charge in [0.15, 0.2) is 11.5 Å². The third kappa shape index (κ3) is 5.15. The molecule has 0 spiro atoms. The van der Waals surface area contributed by atoms with Crippen molar-refractivity contribution in [2.75, 3.05) is 6.54 Å². The second-order valence-electron chi connectivity index (χ2n) is 4.62. The zero-order valence-electron chi connectivity index (χ0n) is 10.7. The molecule has 6 nitrogen and oxygen atoms in total. The molecule has 0 bridgehead atoms. The molecule has 0 aromatic heterocycles. The highest BCUT2D eigenvalue weighted by atomic mass is 16.4. The Morgan fingerprint density at radius 1 is 1.37 bits per heavy atom. The van der Waals surface area contributed by atoms with E-state index >= 15 is 0 Å².